The Morgan fingerprint density at radius 2 is 1.92 bits per heavy atom. The standard InChI is InChI=1S/C20H20N2O4/c1-25-14-10-17-15-4-3-5-16(15)19(21-20(17)18(11-14)26-2)12-6-8-13(9-7-12)22(23)24/h3-4,6-11,15-16,19,21H,5H2,1-2H3/t15-,16-,19+/m1/s1. The van der Waals surface area contributed by atoms with Crippen LogP contribution < -0.4 is 14.8 Å². The minimum atomic E-state index is -0.372. The van der Waals surface area contributed by atoms with Crippen molar-refractivity contribution in [2.75, 3.05) is 19.5 Å². The van der Waals surface area contributed by atoms with Crippen molar-refractivity contribution in [3.63, 3.8) is 0 Å². The van der Waals surface area contributed by atoms with Gasteiger partial charge >= 0.3 is 0 Å². The highest BCUT2D eigenvalue weighted by molar-refractivity contribution is 5.70. The van der Waals surface area contributed by atoms with Crippen LogP contribution >= 0.6 is 0 Å². The third-order valence-corrected chi connectivity index (χ3v) is 5.32. The Morgan fingerprint density at radius 1 is 1.15 bits per heavy atom. The predicted octanol–water partition coefficient (Wildman–Crippen LogP) is 4.44. The molecule has 2 aliphatic rings. The number of allylic oxidation sites excluding steroid dienone is 2. The lowest BCUT2D eigenvalue weighted by molar-refractivity contribution is -0.384. The molecule has 6 nitrogen and oxygen atoms in total. The second kappa shape index (κ2) is 6.37. The molecule has 0 saturated heterocycles. The van der Waals surface area contributed by atoms with Crippen LogP contribution in [0.4, 0.5) is 11.4 Å². The molecule has 3 atom stereocenters. The van der Waals surface area contributed by atoms with Crippen molar-refractivity contribution in [1.29, 1.82) is 0 Å². The average Bonchev–Trinajstić information content (AvgIpc) is 3.16. The second-order valence-electron chi connectivity index (χ2n) is 6.62. The van der Waals surface area contributed by atoms with Gasteiger partial charge in [-0.05, 0) is 29.5 Å². The Labute approximate surface area is 151 Å². The summed E-state index contributed by atoms with van der Waals surface area (Å²) in [5, 5.41) is 14.5. The molecule has 1 aliphatic carbocycles. The number of fused-ring (bicyclic) bond motifs is 3. The van der Waals surface area contributed by atoms with Crippen molar-refractivity contribution in [1.82, 2.24) is 0 Å². The molecule has 0 aromatic heterocycles. The highest BCUT2D eigenvalue weighted by Crippen LogP contribution is 2.53. The molecule has 6 heteroatoms. The Kier molecular flexibility index (Phi) is 4.03. The maximum Gasteiger partial charge on any atom is 0.269 e. The van der Waals surface area contributed by atoms with E-state index >= 15 is 0 Å². The minimum Gasteiger partial charge on any atom is -0.497 e. The summed E-state index contributed by atoms with van der Waals surface area (Å²) in [5.41, 5.74) is 3.27. The molecular formula is C20H20N2O4. The monoisotopic (exact) mass is 352 g/mol. The van der Waals surface area contributed by atoms with E-state index in [1.54, 1.807) is 26.4 Å². The zero-order valence-corrected chi connectivity index (χ0v) is 14.6. The fourth-order valence-electron chi connectivity index (χ4n) is 4.05. The van der Waals surface area contributed by atoms with Crippen LogP contribution in [-0.4, -0.2) is 19.1 Å². The zero-order valence-electron chi connectivity index (χ0n) is 14.6. The first kappa shape index (κ1) is 16.4. The van der Waals surface area contributed by atoms with Gasteiger partial charge in [0.05, 0.1) is 30.9 Å². The van der Waals surface area contributed by atoms with Crippen molar-refractivity contribution in [3.05, 3.63) is 69.8 Å². The molecule has 2 aromatic carbocycles. The van der Waals surface area contributed by atoms with E-state index in [1.807, 2.05) is 18.2 Å². The number of methoxy groups -OCH3 is 2. The van der Waals surface area contributed by atoms with Crippen LogP contribution in [0.25, 0.3) is 0 Å². The van der Waals surface area contributed by atoms with E-state index in [-0.39, 0.29) is 22.6 Å². The lowest BCUT2D eigenvalue weighted by atomic mass is 9.77. The molecule has 1 N–H and O–H groups in total. The van der Waals surface area contributed by atoms with Gasteiger partial charge in [-0.2, -0.15) is 0 Å². The molecule has 134 valence electrons. The Hall–Kier alpha value is -3.02. The maximum atomic E-state index is 10.9. The highest BCUT2D eigenvalue weighted by Gasteiger charge is 2.39. The lowest BCUT2D eigenvalue weighted by Gasteiger charge is -2.38. The van der Waals surface area contributed by atoms with Crippen molar-refractivity contribution < 1.29 is 14.4 Å². The number of benzene rings is 2. The number of nitro groups is 1. The number of nitrogens with one attached hydrogen (secondary N) is 1. The van der Waals surface area contributed by atoms with E-state index in [0.717, 1.165) is 34.7 Å². The molecule has 0 bridgehead atoms. The molecule has 2 aromatic rings. The lowest BCUT2D eigenvalue weighted by Crippen LogP contribution is -2.29. The van der Waals surface area contributed by atoms with E-state index in [9.17, 15) is 10.1 Å². The first-order valence-electron chi connectivity index (χ1n) is 8.56. The van der Waals surface area contributed by atoms with Crippen LogP contribution in [0, 0.1) is 16.0 Å². The quantitative estimate of drug-likeness (QED) is 0.500. The zero-order chi connectivity index (χ0) is 18.3. The van der Waals surface area contributed by atoms with Gasteiger partial charge < -0.3 is 14.8 Å². The van der Waals surface area contributed by atoms with Gasteiger partial charge in [-0.1, -0.05) is 24.3 Å². The summed E-state index contributed by atoms with van der Waals surface area (Å²) in [7, 11) is 3.30. The Balaban J connectivity index is 1.77. The van der Waals surface area contributed by atoms with Crippen LogP contribution in [0.3, 0.4) is 0 Å². The summed E-state index contributed by atoms with van der Waals surface area (Å²) in [5.74, 6) is 2.12. The molecule has 1 aliphatic heterocycles. The van der Waals surface area contributed by atoms with Crippen LogP contribution in [0.15, 0.2) is 48.6 Å². The van der Waals surface area contributed by atoms with Crippen LogP contribution in [0.1, 0.15) is 29.5 Å². The number of nitro benzene ring substituents is 1. The second-order valence-corrected chi connectivity index (χ2v) is 6.62. The molecule has 1 heterocycles. The number of ether oxygens (including phenoxy) is 2. The fourth-order valence-corrected chi connectivity index (χ4v) is 4.05. The molecule has 26 heavy (non-hydrogen) atoms. The van der Waals surface area contributed by atoms with Gasteiger partial charge in [0.2, 0.25) is 0 Å². The molecule has 0 amide bonds. The SMILES string of the molecule is COc1cc(OC)c2c(c1)[C@@H]1C=CC[C@H]1[C@H](c1ccc([N+](=O)[O-])cc1)N2. The summed E-state index contributed by atoms with van der Waals surface area (Å²) in [4.78, 5) is 10.6. The third-order valence-electron chi connectivity index (χ3n) is 5.32. The third kappa shape index (κ3) is 2.58. The molecular weight excluding hydrogens is 332 g/mol. The van der Waals surface area contributed by atoms with Crippen LogP contribution in [0.2, 0.25) is 0 Å². The minimum absolute atomic E-state index is 0.0607. The predicted molar refractivity (Wildman–Crippen MR) is 99.0 cm³/mol. The Bertz CT molecular complexity index is 876. The fraction of sp³-hybridized carbons (Fsp3) is 0.300. The molecule has 0 radical (unpaired) electrons. The molecule has 0 fully saturated rings. The smallest absolute Gasteiger partial charge is 0.269 e. The van der Waals surface area contributed by atoms with Gasteiger partial charge in [-0.3, -0.25) is 10.1 Å². The number of anilines is 1. The van der Waals surface area contributed by atoms with Gasteiger partial charge in [0.1, 0.15) is 11.5 Å². The van der Waals surface area contributed by atoms with E-state index in [2.05, 4.69) is 23.5 Å². The van der Waals surface area contributed by atoms with Crippen LogP contribution in [-0.2, 0) is 0 Å². The number of hydrogen-bond donors (Lipinski definition) is 1. The van der Waals surface area contributed by atoms with E-state index < -0.39 is 0 Å². The number of nitrogens with zero attached hydrogens (tertiary/aromatic N) is 1. The maximum absolute atomic E-state index is 10.9. The van der Waals surface area contributed by atoms with Gasteiger partial charge in [0.15, 0.2) is 0 Å². The first-order chi connectivity index (χ1) is 12.6. The van der Waals surface area contributed by atoms with Gasteiger partial charge in [0.25, 0.3) is 5.69 Å². The normalized spacial score (nSPS) is 22.9. The number of rotatable bonds is 4. The van der Waals surface area contributed by atoms with Crippen molar-refractivity contribution in [3.8, 4) is 11.5 Å². The topological polar surface area (TPSA) is 73.6 Å². The first-order valence-corrected chi connectivity index (χ1v) is 8.56. The van der Waals surface area contributed by atoms with Gasteiger partial charge in [0, 0.05) is 24.1 Å². The summed E-state index contributed by atoms with van der Waals surface area (Å²) < 4.78 is 11.0. The summed E-state index contributed by atoms with van der Waals surface area (Å²) in [6.45, 7) is 0. The van der Waals surface area contributed by atoms with Crippen molar-refractivity contribution in [2.24, 2.45) is 5.92 Å². The van der Waals surface area contributed by atoms with Gasteiger partial charge in [-0.15, -0.1) is 0 Å². The molecule has 0 saturated carbocycles. The van der Waals surface area contributed by atoms with E-state index in [0.29, 0.717) is 5.92 Å². The van der Waals surface area contributed by atoms with E-state index in [1.165, 1.54) is 0 Å². The van der Waals surface area contributed by atoms with Crippen molar-refractivity contribution >= 4 is 11.4 Å². The summed E-state index contributed by atoms with van der Waals surface area (Å²) in [6, 6.07) is 10.8. The number of non-ortho nitro benzene ring substituents is 1. The van der Waals surface area contributed by atoms with E-state index in [4.69, 9.17) is 9.47 Å². The Morgan fingerprint density at radius 3 is 2.58 bits per heavy atom. The summed E-state index contributed by atoms with van der Waals surface area (Å²) >= 11 is 0. The molecule has 0 unspecified atom stereocenters. The average molecular weight is 352 g/mol. The highest BCUT2D eigenvalue weighted by atomic mass is 16.6. The molecule has 4 rings (SSSR count). The van der Waals surface area contributed by atoms with Crippen molar-refractivity contribution in [2.45, 2.75) is 18.4 Å². The summed E-state index contributed by atoms with van der Waals surface area (Å²) in [6.07, 6.45) is 5.40. The largest absolute Gasteiger partial charge is 0.497 e. The number of hydrogen-bond acceptors (Lipinski definition) is 5. The molecule has 0 spiro atoms. The van der Waals surface area contributed by atoms with Gasteiger partial charge in [-0.25, -0.2) is 0 Å². The van der Waals surface area contributed by atoms with Crippen LogP contribution in [0.5, 0.6) is 11.5 Å².